The predicted molar refractivity (Wildman–Crippen MR) is 118 cm³/mol. The monoisotopic (exact) mass is 452 g/mol. The van der Waals surface area contributed by atoms with Crippen molar-refractivity contribution < 1.29 is 4.79 Å². The molecule has 2 bridgehead atoms. The second-order valence-corrected chi connectivity index (χ2v) is 10.9. The molecule has 1 aromatic carbocycles. The summed E-state index contributed by atoms with van der Waals surface area (Å²) in [6, 6.07) is 8.46. The number of hydrogen-bond acceptors (Lipinski definition) is 3. The Kier molecular flexibility index (Phi) is 6.97. The summed E-state index contributed by atoms with van der Waals surface area (Å²) in [7, 11) is 0. The number of carbonyl (C=O) groups is 1. The number of nitrogens with one attached hydrogen (secondary N) is 2. The molecule has 3 nitrogen and oxygen atoms in total. The van der Waals surface area contributed by atoms with E-state index in [-0.39, 0.29) is 5.91 Å². The van der Waals surface area contributed by atoms with Gasteiger partial charge in [-0.3, -0.25) is 4.79 Å². The highest BCUT2D eigenvalue weighted by molar-refractivity contribution is 9.10. The summed E-state index contributed by atoms with van der Waals surface area (Å²) in [6.45, 7) is 8.61. The summed E-state index contributed by atoms with van der Waals surface area (Å²) >= 11 is 5.02. The summed E-state index contributed by atoms with van der Waals surface area (Å²) in [5.74, 6) is 3.05. The quantitative estimate of drug-likeness (QED) is 0.536. The van der Waals surface area contributed by atoms with Crippen molar-refractivity contribution in [2.75, 3.05) is 0 Å². The van der Waals surface area contributed by atoms with Gasteiger partial charge >= 0.3 is 0 Å². The Morgan fingerprint density at radius 2 is 2.04 bits per heavy atom. The smallest absolute Gasteiger partial charge is 0.240 e. The van der Waals surface area contributed by atoms with Crippen molar-refractivity contribution in [2.45, 2.75) is 76.3 Å². The lowest BCUT2D eigenvalue weighted by atomic mass is 9.62. The number of benzene rings is 1. The zero-order valence-electron chi connectivity index (χ0n) is 16.9. The number of amides is 1. The summed E-state index contributed by atoms with van der Waals surface area (Å²) < 4.78 is 4.42. The van der Waals surface area contributed by atoms with Crippen LogP contribution in [0.15, 0.2) is 33.6 Å². The van der Waals surface area contributed by atoms with E-state index in [2.05, 4.69) is 45.9 Å². The van der Waals surface area contributed by atoms with Crippen LogP contribution in [0.25, 0.3) is 0 Å². The van der Waals surface area contributed by atoms with E-state index in [1.165, 1.54) is 37.6 Å². The Bertz CT molecular complexity index is 663. The normalized spacial score (nSPS) is 30.8. The van der Waals surface area contributed by atoms with Crippen LogP contribution in [0, 0.1) is 23.7 Å². The van der Waals surface area contributed by atoms with E-state index in [9.17, 15) is 4.79 Å². The molecule has 2 N–H and O–H groups in total. The van der Waals surface area contributed by atoms with Crippen molar-refractivity contribution >= 4 is 33.8 Å². The fourth-order valence-electron chi connectivity index (χ4n) is 5.00. The summed E-state index contributed by atoms with van der Waals surface area (Å²) in [5, 5.41) is 3.46. The number of rotatable bonds is 6. The van der Waals surface area contributed by atoms with Gasteiger partial charge in [-0.25, -0.2) is 4.72 Å². The Balaban J connectivity index is 1.63. The van der Waals surface area contributed by atoms with E-state index in [0.717, 1.165) is 27.6 Å². The minimum absolute atomic E-state index is 0.116. The van der Waals surface area contributed by atoms with Gasteiger partial charge in [-0.05, 0) is 93.3 Å². The molecule has 2 saturated carbocycles. The zero-order valence-corrected chi connectivity index (χ0v) is 19.3. The SMILES string of the molecule is CCC1CC2CC(C)CC(C2)C1NC(=O)C(C)(C)NSc1cccc(Br)c1. The van der Waals surface area contributed by atoms with Gasteiger partial charge in [0.15, 0.2) is 0 Å². The maximum Gasteiger partial charge on any atom is 0.240 e. The lowest BCUT2D eigenvalue weighted by molar-refractivity contribution is -0.128. The summed E-state index contributed by atoms with van der Waals surface area (Å²) in [5.41, 5.74) is -0.623. The number of hydrogen-bond donors (Lipinski definition) is 2. The molecular formula is C22H33BrN2OS. The van der Waals surface area contributed by atoms with Crippen LogP contribution in [-0.4, -0.2) is 17.5 Å². The van der Waals surface area contributed by atoms with E-state index >= 15 is 0 Å². The van der Waals surface area contributed by atoms with Crippen molar-refractivity contribution in [3.63, 3.8) is 0 Å². The zero-order chi connectivity index (χ0) is 19.6. The van der Waals surface area contributed by atoms with Crippen LogP contribution < -0.4 is 10.0 Å². The maximum atomic E-state index is 13.1. The van der Waals surface area contributed by atoms with Gasteiger partial charge in [0.1, 0.15) is 5.54 Å². The van der Waals surface area contributed by atoms with Crippen molar-refractivity contribution in [3.8, 4) is 0 Å². The molecule has 2 fully saturated rings. The van der Waals surface area contributed by atoms with Gasteiger partial charge in [-0.2, -0.15) is 0 Å². The van der Waals surface area contributed by atoms with Gasteiger partial charge < -0.3 is 5.32 Å². The molecule has 1 amide bonds. The Labute approximate surface area is 177 Å². The van der Waals surface area contributed by atoms with Gasteiger partial charge in [0.05, 0.1) is 0 Å². The molecule has 150 valence electrons. The van der Waals surface area contributed by atoms with Crippen molar-refractivity contribution in [2.24, 2.45) is 23.7 Å². The van der Waals surface area contributed by atoms with Crippen LogP contribution in [0.5, 0.6) is 0 Å². The topological polar surface area (TPSA) is 41.1 Å². The fraction of sp³-hybridized carbons (Fsp3) is 0.682. The second kappa shape index (κ2) is 8.87. The standard InChI is InChI=1S/C22H33BrN2OS/c1-5-16-11-15-9-14(2)10-17(12-15)20(16)24-21(26)22(3,4)25-27-19-8-6-7-18(23)13-19/h6-8,13-17,20,25H,5,9-12H2,1-4H3,(H,24,26). The van der Waals surface area contributed by atoms with Crippen molar-refractivity contribution in [3.05, 3.63) is 28.7 Å². The van der Waals surface area contributed by atoms with Crippen LogP contribution in [0.2, 0.25) is 0 Å². The maximum absolute atomic E-state index is 13.1. The average molecular weight is 453 g/mol. The molecule has 2 aliphatic carbocycles. The third-order valence-electron chi connectivity index (χ3n) is 6.34. The molecule has 0 aromatic heterocycles. The average Bonchev–Trinajstić information content (AvgIpc) is 2.61. The molecular weight excluding hydrogens is 420 g/mol. The van der Waals surface area contributed by atoms with Gasteiger partial charge in [0.2, 0.25) is 5.91 Å². The van der Waals surface area contributed by atoms with Crippen LogP contribution in [0.3, 0.4) is 0 Å². The highest BCUT2D eigenvalue weighted by atomic mass is 79.9. The summed E-state index contributed by atoms with van der Waals surface area (Å²) in [4.78, 5) is 14.2. The van der Waals surface area contributed by atoms with E-state index in [0.29, 0.717) is 17.9 Å². The molecule has 5 heteroatoms. The van der Waals surface area contributed by atoms with Crippen LogP contribution in [-0.2, 0) is 4.79 Å². The molecule has 5 unspecified atom stereocenters. The number of fused-ring (bicyclic) bond motifs is 2. The highest BCUT2D eigenvalue weighted by Crippen LogP contribution is 2.46. The molecule has 0 heterocycles. The second-order valence-electron chi connectivity index (χ2n) is 9.13. The lowest BCUT2D eigenvalue weighted by Crippen LogP contribution is -2.58. The Morgan fingerprint density at radius 3 is 2.74 bits per heavy atom. The van der Waals surface area contributed by atoms with E-state index < -0.39 is 5.54 Å². The van der Waals surface area contributed by atoms with E-state index in [1.54, 1.807) is 0 Å². The van der Waals surface area contributed by atoms with Crippen molar-refractivity contribution in [1.29, 1.82) is 0 Å². The van der Waals surface area contributed by atoms with Crippen LogP contribution in [0.4, 0.5) is 0 Å². The highest BCUT2D eigenvalue weighted by Gasteiger charge is 2.43. The van der Waals surface area contributed by atoms with Crippen molar-refractivity contribution in [1.82, 2.24) is 10.0 Å². The van der Waals surface area contributed by atoms with Gasteiger partial charge in [-0.15, -0.1) is 0 Å². The molecule has 5 atom stereocenters. The molecule has 1 aromatic rings. The molecule has 0 spiro atoms. The molecule has 0 radical (unpaired) electrons. The first-order chi connectivity index (χ1) is 12.8. The Morgan fingerprint density at radius 1 is 1.26 bits per heavy atom. The first-order valence-corrected chi connectivity index (χ1v) is 11.9. The molecule has 0 aliphatic heterocycles. The fourth-order valence-corrected chi connectivity index (χ4v) is 6.35. The Hall–Kier alpha value is -0.520. The van der Waals surface area contributed by atoms with Crippen LogP contribution in [0.1, 0.15) is 59.8 Å². The third kappa shape index (κ3) is 5.30. The predicted octanol–water partition coefficient (Wildman–Crippen LogP) is 5.79. The number of carbonyl (C=O) groups excluding carboxylic acids is 1. The van der Waals surface area contributed by atoms with E-state index in [4.69, 9.17) is 0 Å². The van der Waals surface area contributed by atoms with Crippen LogP contribution >= 0.6 is 27.9 Å². The molecule has 2 aliphatic rings. The number of halogens is 1. The van der Waals surface area contributed by atoms with Gasteiger partial charge in [0.25, 0.3) is 0 Å². The largest absolute Gasteiger partial charge is 0.351 e. The minimum atomic E-state index is -0.623. The van der Waals surface area contributed by atoms with Gasteiger partial charge in [-0.1, -0.05) is 42.3 Å². The molecule has 3 rings (SSSR count). The minimum Gasteiger partial charge on any atom is -0.351 e. The first-order valence-electron chi connectivity index (χ1n) is 10.3. The molecule has 27 heavy (non-hydrogen) atoms. The first kappa shape index (κ1) is 21.2. The summed E-state index contributed by atoms with van der Waals surface area (Å²) in [6.07, 6.45) is 6.38. The third-order valence-corrected chi connectivity index (χ3v) is 7.93. The molecule has 0 saturated heterocycles. The van der Waals surface area contributed by atoms with E-state index in [1.807, 2.05) is 32.0 Å². The lowest BCUT2D eigenvalue weighted by Gasteiger charge is -2.48. The van der Waals surface area contributed by atoms with Gasteiger partial charge in [0, 0.05) is 15.4 Å².